The van der Waals surface area contributed by atoms with Crippen LogP contribution in [0.3, 0.4) is 0 Å². The van der Waals surface area contributed by atoms with Crippen LogP contribution in [0, 0.1) is 5.92 Å². The lowest BCUT2D eigenvalue weighted by atomic mass is 10.1. The molecule has 2 atom stereocenters. The molecule has 194 valence electrons. The smallest absolute Gasteiger partial charge is 0.326 e. The molecule has 1 saturated carbocycles. The minimum atomic E-state index is -4.54. The maximum atomic E-state index is 12.9. The molecule has 13 heteroatoms. The lowest BCUT2D eigenvalue weighted by molar-refractivity contribution is -0.137. The molecule has 3 N–H and O–H groups in total. The Kier molecular flexibility index (Phi) is 7.79. The zero-order chi connectivity index (χ0) is 27.1. The summed E-state index contributed by atoms with van der Waals surface area (Å²) in [4.78, 5) is 25.6. The van der Waals surface area contributed by atoms with E-state index in [0.29, 0.717) is 15.6 Å². The number of hydrogen-bond donors (Lipinski definition) is 3. The molecule has 0 radical (unpaired) electrons. The van der Waals surface area contributed by atoms with Crippen LogP contribution in [-0.4, -0.2) is 16.1 Å². The van der Waals surface area contributed by atoms with Gasteiger partial charge < -0.3 is 5.32 Å². The van der Waals surface area contributed by atoms with E-state index in [0.717, 1.165) is 12.1 Å². The number of carbonyl (C=O) groups is 2. The van der Waals surface area contributed by atoms with Gasteiger partial charge in [0, 0.05) is 21.7 Å². The van der Waals surface area contributed by atoms with E-state index >= 15 is 0 Å². The number of halogens is 8. The van der Waals surface area contributed by atoms with Crippen molar-refractivity contribution in [3.63, 3.8) is 0 Å². The third-order valence-corrected chi connectivity index (χ3v) is 7.28. The van der Waals surface area contributed by atoms with Crippen molar-refractivity contribution in [3.8, 4) is 0 Å². The van der Waals surface area contributed by atoms with E-state index in [2.05, 4.69) is 16.2 Å². The maximum absolute atomic E-state index is 12.9. The normalized spacial score (nSPS) is 18.2. The molecule has 1 aliphatic carbocycles. The van der Waals surface area contributed by atoms with E-state index in [1.54, 1.807) is 12.1 Å². The van der Waals surface area contributed by atoms with Crippen LogP contribution in [0.4, 0.5) is 24.5 Å². The summed E-state index contributed by atoms with van der Waals surface area (Å²) in [6, 6.07) is 13.2. The Hall–Kier alpha value is -2.36. The molecule has 0 saturated heterocycles. The molecule has 0 heterocycles. The number of alkyl halides is 5. The third-order valence-electron chi connectivity index (χ3n) is 5.57. The highest BCUT2D eigenvalue weighted by molar-refractivity contribution is 6.53. The highest BCUT2D eigenvalue weighted by atomic mass is 35.5. The largest absolute Gasteiger partial charge is 0.416 e. The standard InChI is InChI=1S/C24H15Cl5F3N3O2/c25-13-6-11(7-14(26)9-13)19-20(23(19,28)29)22(37)33-15-4-5-18(27)17(10-15)21(36)35-34-16-3-1-2-12(8-16)24(30,31)32/h1-10,19-20,34H,(H,33,37)(H,35,36)/t19-,20+/m0/s1. The number of nitrogens with one attached hydrogen (secondary N) is 3. The lowest BCUT2D eigenvalue weighted by Gasteiger charge is -2.13. The molecule has 0 aliphatic heterocycles. The summed E-state index contributed by atoms with van der Waals surface area (Å²) in [5.41, 5.74) is 4.58. The van der Waals surface area contributed by atoms with E-state index < -0.39 is 39.7 Å². The fourth-order valence-corrected chi connectivity index (χ4v) is 5.36. The summed E-state index contributed by atoms with van der Waals surface area (Å²) < 4.78 is 37.3. The van der Waals surface area contributed by atoms with Crippen LogP contribution in [0.1, 0.15) is 27.4 Å². The highest BCUT2D eigenvalue weighted by Gasteiger charge is 2.67. The first kappa shape index (κ1) is 27.7. The number of anilines is 2. The SMILES string of the molecule is O=C(NNc1cccc(C(F)(F)F)c1)c1cc(NC(=O)[C@H]2[C@H](c3cc(Cl)cc(Cl)c3)C2(Cl)Cl)ccc1Cl. The molecule has 3 aromatic carbocycles. The molecule has 1 aliphatic rings. The predicted molar refractivity (Wildman–Crippen MR) is 140 cm³/mol. The van der Waals surface area contributed by atoms with Gasteiger partial charge in [0.15, 0.2) is 0 Å². The van der Waals surface area contributed by atoms with Crippen LogP contribution in [0.25, 0.3) is 0 Å². The molecule has 0 bridgehead atoms. The Labute approximate surface area is 234 Å². The van der Waals surface area contributed by atoms with Crippen molar-refractivity contribution in [1.29, 1.82) is 0 Å². The van der Waals surface area contributed by atoms with Crippen LogP contribution in [0.15, 0.2) is 60.7 Å². The van der Waals surface area contributed by atoms with E-state index in [4.69, 9.17) is 58.0 Å². The van der Waals surface area contributed by atoms with Crippen LogP contribution < -0.4 is 16.2 Å². The first-order valence-corrected chi connectivity index (χ1v) is 12.3. The number of hydrogen-bond acceptors (Lipinski definition) is 3. The molecule has 0 spiro atoms. The predicted octanol–water partition coefficient (Wildman–Crippen LogP) is 7.95. The first-order chi connectivity index (χ1) is 17.3. The van der Waals surface area contributed by atoms with Gasteiger partial charge in [0.2, 0.25) is 5.91 Å². The Morgan fingerprint density at radius 1 is 0.865 bits per heavy atom. The van der Waals surface area contributed by atoms with Crippen molar-refractivity contribution in [2.24, 2.45) is 5.92 Å². The number of hydrazine groups is 1. The van der Waals surface area contributed by atoms with Crippen molar-refractivity contribution in [1.82, 2.24) is 5.43 Å². The van der Waals surface area contributed by atoms with Crippen LogP contribution in [-0.2, 0) is 11.0 Å². The maximum Gasteiger partial charge on any atom is 0.416 e. The monoisotopic (exact) mass is 609 g/mol. The molecule has 0 aromatic heterocycles. The lowest BCUT2D eigenvalue weighted by Crippen LogP contribution is -2.30. The second-order valence-electron chi connectivity index (χ2n) is 8.17. The molecule has 5 nitrogen and oxygen atoms in total. The van der Waals surface area contributed by atoms with Gasteiger partial charge >= 0.3 is 6.18 Å². The fourth-order valence-electron chi connectivity index (χ4n) is 3.79. The van der Waals surface area contributed by atoms with Crippen molar-refractivity contribution in [3.05, 3.63) is 92.4 Å². The van der Waals surface area contributed by atoms with Crippen LogP contribution in [0.2, 0.25) is 15.1 Å². The number of amides is 2. The molecule has 4 rings (SSSR count). The Bertz CT molecular complexity index is 1360. The zero-order valence-corrected chi connectivity index (χ0v) is 22.0. The Balaban J connectivity index is 1.45. The summed E-state index contributed by atoms with van der Waals surface area (Å²) in [5.74, 6) is -2.66. The van der Waals surface area contributed by atoms with Crippen LogP contribution in [0.5, 0.6) is 0 Å². The second kappa shape index (κ2) is 10.4. The van der Waals surface area contributed by atoms with E-state index in [1.807, 2.05) is 0 Å². The van der Waals surface area contributed by atoms with Gasteiger partial charge in [0.25, 0.3) is 5.91 Å². The molecule has 0 unspecified atom stereocenters. The molecule has 3 aromatic rings. The number of carbonyl (C=O) groups excluding carboxylic acids is 2. The van der Waals surface area contributed by atoms with Crippen molar-refractivity contribution >= 4 is 81.2 Å². The molecular formula is C24H15Cl5F3N3O2. The average molecular weight is 612 g/mol. The van der Waals surface area contributed by atoms with Gasteiger partial charge in [-0.2, -0.15) is 13.2 Å². The molecule has 2 amide bonds. The Morgan fingerprint density at radius 3 is 2.19 bits per heavy atom. The van der Waals surface area contributed by atoms with Gasteiger partial charge in [0.05, 0.1) is 27.8 Å². The summed E-state index contributed by atoms with van der Waals surface area (Å²) in [7, 11) is 0. The average Bonchev–Trinajstić information content (AvgIpc) is 3.40. The van der Waals surface area contributed by atoms with E-state index in [-0.39, 0.29) is 22.0 Å². The van der Waals surface area contributed by atoms with Gasteiger partial charge in [-0.15, -0.1) is 23.2 Å². The number of rotatable bonds is 6. The number of benzene rings is 3. The van der Waals surface area contributed by atoms with E-state index in [1.165, 1.54) is 36.4 Å². The Morgan fingerprint density at radius 2 is 1.54 bits per heavy atom. The molecular weight excluding hydrogens is 597 g/mol. The quantitative estimate of drug-likeness (QED) is 0.196. The highest BCUT2D eigenvalue weighted by Crippen LogP contribution is 2.65. The first-order valence-electron chi connectivity index (χ1n) is 10.4. The van der Waals surface area contributed by atoms with E-state index in [9.17, 15) is 22.8 Å². The molecule has 37 heavy (non-hydrogen) atoms. The summed E-state index contributed by atoms with van der Waals surface area (Å²) in [6.07, 6.45) is -4.54. The summed E-state index contributed by atoms with van der Waals surface area (Å²) >= 11 is 31.0. The fraction of sp³-hybridized carbons (Fsp3) is 0.167. The van der Waals surface area contributed by atoms with Gasteiger partial charge in [-0.1, -0.05) is 40.9 Å². The van der Waals surface area contributed by atoms with Crippen LogP contribution >= 0.6 is 58.0 Å². The van der Waals surface area contributed by atoms with Gasteiger partial charge in [0.1, 0.15) is 4.33 Å². The minimum absolute atomic E-state index is 0.00483. The third kappa shape index (κ3) is 6.21. The molecule has 1 fully saturated rings. The summed E-state index contributed by atoms with van der Waals surface area (Å²) in [5, 5.41) is 3.43. The van der Waals surface area contributed by atoms with Gasteiger partial charge in [-0.3, -0.25) is 20.4 Å². The van der Waals surface area contributed by atoms with Gasteiger partial charge in [-0.05, 0) is 60.2 Å². The second-order valence-corrected chi connectivity index (χ2v) is 10.9. The zero-order valence-electron chi connectivity index (χ0n) is 18.3. The van der Waals surface area contributed by atoms with Crippen molar-refractivity contribution in [2.75, 3.05) is 10.7 Å². The summed E-state index contributed by atoms with van der Waals surface area (Å²) in [6.45, 7) is 0. The van der Waals surface area contributed by atoms with Crippen molar-refractivity contribution in [2.45, 2.75) is 16.4 Å². The topological polar surface area (TPSA) is 70.2 Å². The van der Waals surface area contributed by atoms with Crippen molar-refractivity contribution < 1.29 is 22.8 Å². The minimum Gasteiger partial charge on any atom is -0.326 e. The van der Waals surface area contributed by atoms with Gasteiger partial charge in [-0.25, -0.2) is 0 Å².